The molecule has 0 bridgehead atoms. The number of rotatable bonds is 1. The zero-order chi connectivity index (χ0) is 10.8. The van der Waals surface area contributed by atoms with E-state index in [0.717, 1.165) is 16.5 Å². The third kappa shape index (κ3) is 2.06. The second-order valence-corrected chi connectivity index (χ2v) is 5.05. The Bertz CT molecular complexity index is 414. The van der Waals surface area contributed by atoms with Gasteiger partial charge in [-0.3, -0.25) is 0 Å². The van der Waals surface area contributed by atoms with E-state index in [1.807, 2.05) is 25.2 Å². The number of halogens is 1. The van der Waals surface area contributed by atoms with Crippen molar-refractivity contribution in [3.63, 3.8) is 0 Å². The van der Waals surface area contributed by atoms with E-state index < -0.39 is 0 Å². The molecular formula is C11H11ClN2S. The first-order valence-corrected chi connectivity index (χ1v) is 6.11. The fourth-order valence-corrected chi connectivity index (χ4v) is 3.08. The highest BCUT2D eigenvalue weighted by atomic mass is 35.5. The average molecular weight is 239 g/mol. The maximum atomic E-state index is 8.73. The van der Waals surface area contributed by atoms with Crippen molar-refractivity contribution in [3.05, 3.63) is 23.2 Å². The summed E-state index contributed by atoms with van der Waals surface area (Å²) in [6, 6.07) is 8.44. The highest BCUT2D eigenvalue weighted by molar-refractivity contribution is 7.99. The number of benzene rings is 1. The highest BCUT2D eigenvalue weighted by Crippen LogP contribution is 2.38. The fourth-order valence-electron chi connectivity index (χ4n) is 1.68. The van der Waals surface area contributed by atoms with Gasteiger partial charge in [0.05, 0.1) is 24.2 Å². The molecule has 78 valence electrons. The topological polar surface area (TPSA) is 27.0 Å². The quantitative estimate of drug-likeness (QED) is 0.752. The molecule has 1 aromatic carbocycles. The highest BCUT2D eigenvalue weighted by Gasteiger charge is 2.23. The van der Waals surface area contributed by atoms with E-state index in [9.17, 15) is 0 Å². The summed E-state index contributed by atoms with van der Waals surface area (Å²) in [5, 5.41) is 9.48. The van der Waals surface area contributed by atoms with Gasteiger partial charge in [-0.15, -0.1) is 11.8 Å². The maximum absolute atomic E-state index is 8.73. The lowest BCUT2D eigenvalue weighted by molar-refractivity contribution is 0.698. The molecular weight excluding hydrogens is 228 g/mol. The summed E-state index contributed by atoms with van der Waals surface area (Å²) in [4.78, 5) is 3.40. The van der Waals surface area contributed by atoms with Gasteiger partial charge in [-0.2, -0.15) is 5.26 Å². The molecule has 0 saturated carbocycles. The summed E-state index contributed by atoms with van der Waals surface area (Å²) in [6.45, 7) is 0. The van der Waals surface area contributed by atoms with Gasteiger partial charge in [0.15, 0.2) is 0 Å². The van der Waals surface area contributed by atoms with E-state index in [2.05, 4.69) is 11.0 Å². The third-order valence-corrected chi connectivity index (χ3v) is 4.05. The summed E-state index contributed by atoms with van der Waals surface area (Å²) in [5.41, 5.74) is 1.14. The molecule has 0 fully saturated rings. The predicted molar refractivity (Wildman–Crippen MR) is 64.6 cm³/mol. The first-order chi connectivity index (χ1) is 7.22. The van der Waals surface area contributed by atoms with E-state index in [0.29, 0.717) is 12.5 Å². The summed E-state index contributed by atoms with van der Waals surface area (Å²) in [5.74, 6) is 0.971. The standard InChI is InChI=1S/C11H11ClN2S/c1-14-9(4-5-13)7-15-11-3-2-8(12)6-10(11)14/h2-3,6,9H,4,7H2,1H3. The van der Waals surface area contributed by atoms with Crippen molar-refractivity contribution >= 4 is 29.1 Å². The van der Waals surface area contributed by atoms with Gasteiger partial charge in [0.25, 0.3) is 0 Å². The van der Waals surface area contributed by atoms with Crippen LogP contribution in [0.15, 0.2) is 23.1 Å². The summed E-state index contributed by atoms with van der Waals surface area (Å²) >= 11 is 7.76. The van der Waals surface area contributed by atoms with Crippen LogP contribution in [0.5, 0.6) is 0 Å². The third-order valence-electron chi connectivity index (χ3n) is 2.61. The number of nitrogens with zero attached hydrogens (tertiary/aromatic N) is 2. The number of fused-ring (bicyclic) bond motifs is 1. The number of thioether (sulfide) groups is 1. The molecule has 2 nitrogen and oxygen atoms in total. The Balaban J connectivity index is 2.32. The van der Waals surface area contributed by atoms with Gasteiger partial charge >= 0.3 is 0 Å². The Labute approximate surface area is 98.8 Å². The maximum Gasteiger partial charge on any atom is 0.0643 e. The van der Waals surface area contributed by atoms with Crippen molar-refractivity contribution in [2.45, 2.75) is 17.4 Å². The molecule has 1 aliphatic rings. The van der Waals surface area contributed by atoms with Crippen LogP contribution in [-0.4, -0.2) is 18.8 Å². The van der Waals surface area contributed by atoms with Crippen LogP contribution in [0, 0.1) is 11.3 Å². The molecule has 1 unspecified atom stereocenters. The second-order valence-electron chi connectivity index (χ2n) is 3.55. The van der Waals surface area contributed by atoms with Crippen molar-refractivity contribution in [1.82, 2.24) is 0 Å². The van der Waals surface area contributed by atoms with Crippen molar-refractivity contribution in [3.8, 4) is 6.07 Å². The summed E-state index contributed by atoms with van der Waals surface area (Å²) in [6.07, 6.45) is 0.565. The SMILES string of the molecule is CN1c2cc(Cl)ccc2SCC1CC#N. The van der Waals surface area contributed by atoms with Crippen molar-refractivity contribution in [1.29, 1.82) is 5.26 Å². The average Bonchev–Trinajstić information content (AvgIpc) is 2.23. The van der Waals surface area contributed by atoms with Crippen molar-refractivity contribution < 1.29 is 0 Å². The molecule has 0 aliphatic carbocycles. The molecule has 4 heteroatoms. The molecule has 0 radical (unpaired) electrons. The van der Waals surface area contributed by atoms with E-state index in [4.69, 9.17) is 16.9 Å². The van der Waals surface area contributed by atoms with E-state index in [-0.39, 0.29) is 0 Å². The molecule has 0 N–H and O–H groups in total. The Hall–Kier alpha value is -0.850. The molecule has 1 atom stereocenters. The normalized spacial score (nSPS) is 19.5. The summed E-state index contributed by atoms with van der Waals surface area (Å²) < 4.78 is 0. The molecule has 0 saturated heterocycles. The lowest BCUT2D eigenvalue weighted by atomic mass is 10.2. The number of anilines is 1. The van der Waals surface area contributed by atoms with Crippen LogP contribution in [0.4, 0.5) is 5.69 Å². The summed E-state index contributed by atoms with van der Waals surface area (Å²) in [7, 11) is 2.02. The molecule has 1 aliphatic heterocycles. The minimum Gasteiger partial charge on any atom is -0.369 e. The van der Waals surface area contributed by atoms with Crippen molar-refractivity contribution in [2.24, 2.45) is 0 Å². The number of hydrogen-bond donors (Lipinski definition) is 0. The van der Waals surface area contributed by atoms with Gasteiger partial charge in [0.1, 0.15) is 0 Å². The lowest BCUT2D eigenvalue weighted by Crippen LogP contribution is -2.36. The van der Waals surface area contributed by atoms with E-state index in [1.54, 1.807) is 11.8 Å². The molecule has 15 heavy (non-hydrogen) atoms. The minimum atomic E-state index is 0.297. The van der Waals surface area contributed by atoms with Crippen LogP contribution < -0.4 is 4.90 Å². The minimum absolute atomic E-state index is 0.297. The van der Waals surface area contributed by atoms with Gasteiger partial charge < -0.3 is 4.90 Å². The van der Waals surface area contributed by atoms with Gasteiger partial charge in [0, 0.05) is 22.7 Å². The second kappa shape index (κ2) is 4.34. The largest absolute Gasteiger partial charge is 0.369 e. The molecule has 1 heterocycles. The predicted octanol–water partition coefficient (Wildman–Crippen LogP) is 3.16. The fraction of sp³-hybridized carbons (Fsp3) is 0.364. The van der Waals surface area contributed by atoms with Crippen molar-refractivity contribution in [2.75, 3.05) is 17.7 Å². The molecule has 1 aromatic rings. The lowest BCUT2D eigenvalue weighted by Gasteiger charge is -2.34. The van der Waals surface area contributed by atoms with E-state index in [1.165, 1.54) is 4.90 Å². The van der Waals surface area contributed by atoms with Crippen LogP contribution >= 0.6 is 23.4 Å². The Morgan fingerprint density at radius 3 is 3.20 bits per heavy atom. The molecule has 0 amide bonds. The first-order valence-electron chi connectivity index (χ1n) is 4.74. The van der Waals surface area contributed by atoms with Gasteiger partial charge in [0.2, 0.25) is 0 Å². The number of nitriles is 1. The van der Waals surface area contributed by atoms with Crippen LogP contribution in [0.25, 0.3) is 0 Å². The molecule has 2 rings (SSSR count). The number of hydrogen-bond acceptors (Lipinski definition) is 3. The molecule has 0 aromatic heterocycles. The van der Waals surface area contributed by atoms with Crippen LogP contribution in [0.1, 0.15) is 6.42 Å². The van der Waals surface area contributed by atoms with E-state index >= 15 is 0 Å². The van der Waals surface area contributed by atoms with Crippen LogP contribution in [0.3, 0.4) is 0 Å². The van der Waals surface area contributed by atoms with Crippen LogP contribution in [-0.2, 0) is 0 Å². The van der Waals surface area contributed by atoms with Gasteiger partial charge in [-0.25, -0.2) is 0 Å². The Morgan fingerprint density at radius 1 is 1.67 bits per heavy atom. The van der Waals surface area contributed by atoms with Crippen LogP contribution in [0.2, 0.25) is 5.02 Å². The zero-order valence-electron chi connectivity index (χ0n) is 8.40. The smallest absolute Gasteiger partial charge is 0.0643 e. The Kier molecular flexibility index (Phi) is 3.08. The zero-order valence-corrected chi connectivity index (χ0v) is 9.98. The van der Waals surface area contributed by atoms with Gasteiger partial charge in [-0.1, -0.05) is 11.6 Å². The monoisotopic (exact) mass is 238 g/mol. The van der Waals surface area contributed by atoms with Gasteiger partial charge in [-0.05, 0) is 18.2 Å². The first kappa shape index (κ1) is 10.7. The molecule has 0 spiro atoms. The Morgan fingerprint density at radius 2 is 2.47 bits per heavy atom.